The average molecular weight is 669 g/mol. The van der Waals surface area contributed by atoms with Crippen LogP contribution in [0.4, 0.5) is 11.6 Å². The van der Waals surface area contributed by atoms with Gasteiger partial charge < -0.3 is 20.4 Å². The molecule has 1 saturated heterocycles. The molecule has 6 rings (SSSR count). The summed E-state index contributed by atoms with van der Waals surface area (Å²) in [7, 11) is 1.64. The zero-order valence-electron chi connectivity index (χ0n) is 26.6. The van der Waals surface area contributed by atoms with Crippen LogP contribution in [0.5, 0.6) is 5.75 Å². The first kappa shape index (κ1) is 32.5. The summed E-state index contributed by atoms with van der Waals surface area (Å²) in [5, 5.41) is 6.30. The van der Waals surface area contributed by atoms with E-state index in [0.29, 0.717) is 41.8 Å². The first-order valence-corrected chi connectivity index (χ1v) is 15.8. The summed E-state index contributed by atoms with van der Waals surface area (Å²) in [6.07, 6.45) is 5.90. The number of aryl methyl sites for hydroxylation is 1. The lowest BCUT2D eigenvalue weighted by atomic mass is 10.0. The van der Waals surface area contributed by atoms with Gasteiger partial charge in [-0.1, -0.05) is 29.5 Å². The first-order chi connectivity index (χ1) is 23.1. The lowest BCUT2D eigenvalue weighted by Crippen LogP contribution is -2.54. The van der Waals surface area contributed by atoms with Crippen LogP contribution < -0.4 is 21.1 Å². The second kappa shape index (κ2) is 13.3. The standard InChI is InChI=1S/C34H33ClN8O5/c1-18-15-38-23(19(2)28(18)48-3)17-42-16-20(26-29(35)40-34(36)41-30(26)42)9-6-4-5-7-14-37-22-11-8-10-21-27(22)33(47)43(32(21)46)24-12-13-25(44)39-31(24)45/h8,10-11,15-16,24,37H,4-5,7,12-14,17H2,1-3H3,(H2,36,40,41)(H,39,44,45). The number of hydrogen-bond acceptors (Lipinski definition) is 10. The molecule has 4 aromatic rings. The number of pyridine rings is 1. The van der Waals surface area contributed by atoms with Crippen LogP contribution in [0.1, 0.15) is 75.2 Å². The van der Waals surface area contributed by atoms with E-state index in [1.54, 1.807) is 31.5 Å². The summed E-state index contributed by atoms with van der Waals surface area (Å²) in [6.45, 7) is 4.84. The Kier molecular flexibility index (Phi) is 9.01. The average Bonchev–Trinajstić information content (AvgIpc) is 3.52. The molecule has 3 aromatic heterocycles. The molecule has 13 nitrogen and oxygen atoms in total. The summed E-state index contributed by atoms with van der Waals surface area (Å²) in [6, 6.07) is 3.98. The molecule has 1 unspecified atom stereocenters. The van der Waals surface area contributed by atoms with Crippen molar-refractivity contribution in [2.45, 2.75) is 58.5 Å². The van der Waals surface area contributed by atoms with Crippen LogP contribution in [0.25, 0.3) is 11.0 Å². The molecule has 1 fully saturated rings. The van der Waals surface area contributed by atoms with E-state index in [4.69, 9.17) is 22.1 Å². The third kappa shape index (κ3) is 6.02. The lowest BCUT2D eigenvalue weighted by Gasteiger charge is -2.27. The maximum atomic E-state index is 13.3. The van der Waals surface area contributed by atoms with E-state index >= 15 is 0 Å². The Labute approximate surface area is 281 Å². The van der Waals surface area contributed by atoms with Gasteiger partial charge in [-0.25, -0.2) is 4.98 Å². The van der Waals surface area contributed by atoms with Gasteiger partial charge in [0.05, 0.1) is 41.4 Å². The normalized spacial score (nSPS) is 15.8. The molecule has 0 bridgehead atoms. The van der Waals surface area contributed by atoms with Crippen molar-refractivity contribution in [1.29, 1.82) is 0 Å². The number of benzene rings is 1. The Morgan fingerprint density at radius 3 is 2.73 bits per heavy atom. The van der Waals surface area contributed by atoms with E-state index in [-0.39, 0.29) is 35.1 Å². The SMILES string of the molecule is COc1c(C)cnc(Cn2cc(C#CCCCCNc3cccc4c3C(=O)N(C3CCC(=O)NC3=O)C4=O)c3c(Cl)nc(N)nc32)c1C. The van der Waals surface area contributed by atoms with Crippen LogP contribution >= 0.6 is 11.6 Å². The number of methoxy groups -OCH3 is 1. The smallest absolute Gasteiger partial charge is 0.264 e. The summed E-state index contributed by atoms with van der Waals surface area (Å²) < 4.78 is 7.48. The summed E-state index contributed by atoms with van der Waals surface area (Å²) in [4.78, 5) is 64.5. The molecule has 48 heavy (non-hydrogen) atoms. The van der Waals surface area contributed by atoms with Crippen LogP contribution in [0.15, 0.2) is 30.6 Å². The highest BCUT2D eigenvalue weighted by molar-refractivity contribution is 6.34. The topological polar surface area (TPSA) is 174 Å². The van der Waals surface area contributed by atoms with Gasteiger partial charge in [-0.3, -0.25) is 34.4 Å². The van der Waals surface area contributed by atoms with Crippen LogP contribution in [0, 0.1) is 25.7 Å². The minimum absolute atomic E-state index is 0.0591. The minimum Gasteiger partial charge on any atom is -0.496 e. The van der Waals surface area contributed by atoms with E-state index in [0.717, 1.165) is 40.3 Å². The van der Waals surface area contributed by atoms with Crippen LogP contribution in [0.2, 0.25) is 5.15 Å². The molecule has 0 saturated carbocycles. The molecule has 4 amide bonds. The molecule has 2 aliphatic rings. The summed E-state index contributed by atoms with van der Waals surface area (Å²) in [5.74, 6) is 5.13. The Hall–Kier alpha value is -5.48. The number of amides is 4. The van der Waals surface area contributed by atoms with Gasteiger partial charge in [0.15, 0.2) is 0 Å². The van der Waals surface area contributed by atoms with Crippen molar-refractivity contribution in [3.05, 3.63) is 69.3 Å². The number of piperidine rings is 1. The fraction of sp³-hybridized carbons (Fsp3) is 0.324. The largest absolute Gasteiger partial charge is 0.496 e. The molecule has 2 aliphatic heterocycles. The van der Waals surface area contributed by atoms with Crippen molar-refractivity contribution in [1.82, 2.24) is 29.7 Å². The van der Waals surface area contributed by atoms with Crippen molar-refractivity contribution < 1.29 is 23.9 Å². The number of unbranched alkanes of at least 4 members (excludes halogenated alkanes) is 2. The number of halogens is 1. The number of rotatable bonds is 9. The number of nitrogen functional groups attached to an aromatic ring is 1. The molecule has 5 heterocycles. The number of carbonyl (C=O) groups excluding carboxylic acids is 4. The Bertz CT molecular complexity index is 2060. The molecule has 0 radical (unpaired) electrons. The van der Waals surface area contributed by atoms with Crippen molar-refractivity contribution in [2.75, 3.05) is 24.7 Å². The van der Waals surface area contributed by atoms with Gasteiger partial charge in [0.2, 0.25) is 17.8 Å². The molecule has 0 spiro atoms. The zero-order valence-corrected chi connectivity index (χ0v) is 27.4. The van der Waals surface area contributed by atoms with E-state index in [1.165, 1.54) is 0 Å². The van der Waals surface area contributed by atoms with E-state index in [2.05, 4.69) is 37.4 Å². The highest BCUT2D eigenvalue weighted by atomic mass is 35.5. The number of carbonyl (C=O) groups is 4. The van der Waals surface area contributed by atoms with Crippen LogP contribution in [0.3, 0.4) is 0 Å². The Morgan fingerprint density at radius 1 is 1.15 bits per heavy atom. The van der Waals surface area contributed by atoms with Gasteiger partial charge >= 0.3 is 0 Å². The molecule has 246 valence electrons. The monoisotopic (exact) mass is 668 g/mol. The third-order valence-corrected chi connectivity index (χ3v) is 8.77. The fourth-order valence-corrected chi connectivity index (χ4v) is 6.42. The Morgan fingerprint density at radius 2 is 1.96 bits per heavy atom. The maximum absolute atomic E-state index is 13.3. The van der Waals surface area contributed by atoms with Crippen LogP contribution in [-0.2, 0) is 16.1 Å². The number of nitrogens with two attached hydrogens (primary N) is 1. The third-order valence-electron chi connectivity index (χ3n) is 8.49. The molecule has 1 aromatic carbocycles. The number of nitrogens with zero attached hydrogens (tertiary/aromatic N) is 5. The number of hydrogen-bond donors (Lipinski definition) is 3. The van der Waals surface area contributed by atoms with Gasteiger partial charge in [0.25, 0.3) is 11.8 Å². The second-order valence-corrected chi connectivity index (χ2v) is 12.0. The van der Waals surface area contributed by atoms with E-state index in [1.807, 2.05) is 24.6 Å². The summed E-state index contributed by atoms with van der Waals surface area (Å²) in [5.41, 5.74) is 10.8. The van der Waals surface area contributed by atoms with Crippen molar-refractivity contribution in [3.63, 3.8) is 0 Å². The van der Waals surface area contributed by atoms with Crippen molar-refractivity contribution in [2.24, 2.45) is 0 Å². The molecular weight excluding hydrogens is 636 g/mol. The van der Waals surface area contributed by atoms with E-state index < -0.39 is 29.7 Å². The van der Waals surface area contributed by atoms with Crippen LogP contribution in [-0.4, -0.2) is 67.7 Å². The fourth-order valence-electron chi connectivity index (χ4n) is 6.15. The minimum atomic E-state index is -1.01. The number of fused-ring (bicyclic) bond motifs is 2. The van der Waals surface area contributed by atoms with E-state index in [9.17, 15) is 19.2 Å². The van der Waals surface area contributed by atoms with Gasteiger partial charge in [-0.15, -0.1) is 0 Å². The lowest BCUT2D eigenvalue weighted by molar-refractivity contribution is -0.136. The zero-order chi connectivity index (χ0) is 34.1. The molecule has 0 aliphatic carbocycles. The molecule has 4 N–H and O–H groups in total. The van der Waals surface area contributed by atoms with Crippen molar-refractivity contribution in [3.8, 4) is 17.6 Å². The maximum Gasteiger partial charge on any atom is 0.264 e. The molecule has 14 heteroatoms. The number of anilines is 2. The predicted molar refractivity (Wildman–Crippen MR) is 179 cm³/mol. The molecule has 1 atom stereocenters. The van der Waals surface area contributed by atoms with Gasteiger partial charge in [0.1, 0.15) is 22.6 Å². The number of nitrogens with one attached hydrogen (secondary N) is 2. The second-order valence-electron chi connectivity index (χ2n) is 11.6. The predicted octanol–water partition coefficient (Wildman–Crippen LogP) is 3.77. The van der Waals surface area contributed by atoms with Gasteiger partial charge in [-0.05, 0) is 45.2 Å². The Balaban J connectivity index is 1.10. The highest BCUT2D eigenvalue weighted by Crippen LogP contribution is 2.33. The molecular formula is C34H33ClN8O5. The quantitative estimate of drug-likeness (QED) is 0.103. The first-order valence-electron chi connectivity index (χ1n) is 15.5. The van der Waals surface area contributed by atoms with Crippen molar-refractivity contribution >= 4 is 57.9 Å². The highest BCUT2D eigenvalue weighted by Gasteiger charge is 2.45. The number of ether oxygens (including phenoxy) is 1. The summed E-state index contributed by atoms with van der Waals surface area (Å²) >= 11 is 6.51. The number of aromatic nitrogens is 4. The van der Waals surface area contributed by atoms with Gasteiger partial charge in [0, 0.05) is 48.6 Å². The van der Waals surface area contributed by atoms with Gasteiger partial charge in [-0.2, -0.15) is 4.98 Å². The number of imide groups is 2.